The van der Waals surface area contributed by atoms with E-state index in [1.54, 1.807) is 12.1 Å². The van der Waals surface area contributed by atoms with E-state index >= 15 is 0 Å². The van der Waals surface area contributed by atoms with Crippen molar-refractivity contribution in [2.75, 3.05) is 43.9 Å². The number of rotatable bonds is 6. The maximum absolute atomic E-state index is 13.0. The fourth-order valence-corrected chi connectivity index (χ4v) is 2.86. The van der Waals surface area contributed by atoms with Crippen molar-refractivity contribution < 1.29 is 14.0 Å². The summed E-state index contributed by atoms with van der Waals surface area (Å²) in [5.74, 6) is -0.215. The van der Waals surface area contributed by atoms with E-state index in [2.05, 4.69) is 10.2 Å². The van der Waals surface area contributed by atoms with E-state index in [0.29, 0.717) is 26.1 Å². The lowest BCUT2D eigenvalue weighted by Crippen LogP contribution is -2.49. The van der Waals surface area contributed by atoms with Gasteiger partial charge in [-0.1, -0.05) is 0 Å². The van der Waals surface area contributed by atoms with Crippen LogP contribution in [0.2, 0.25) is 0 Å². The third-order valence-corrected chi connectivity index (χ3v) is 5.11. The largest absolute Gasteiger partial charge is 0.368 e. The highest BCUT2D eigenvalue weighted by Crippen LogP contribution is 2.17. The zero-order valence-electron chi connectivity index (χ0n) is 14.1. The van der Waals surface area contributed by atoms with Gasteiger partial charge in [-0.2, -0.15) is 11.8 Å². The summed E-state index contributed by atoms with van der Waals surface area (Å²) in [5.41, 5.74) is 0.974. The molecule has 5 nitrogen and oxygen atoms in total. The van der Waals surface area contributed by atoms with Crippen LogP contribution in [0.1, 0.15) is 13.3 Å². The first-order valence-corrected chi connectivity index (χ1v) is 9.39. The molecule has 0 radical (unpaired) electrons. The monoisotopic (exact) mass is 353 g/mol. The molecule has 132 valence electrons. The lowest BCUT2D eigenvalue weighted by molar-refractivity contribution is -0.131. The maximum atomic E-state index is 13.0. The number of benzene rings is 1. The van der Waals surface area contributed by atoms with Crippen LogP contribution in [0, 0.1) is 5.82 Å². The van der Waals surface area contributed by atoms with Crippen molar-refractivity contribution in [1.29, 1.82) is 0 Å². The molecule has 0 bridgehead atoms. The van der Waals surface area contributed by atoms with Crippen LogP contribution in [0.4, 0.5) is 10.1 Å². The van der Waals surface area contributed by atoms with Crippen molar-refractivity contribution >= 4 is 29.3 Å². The summed E-state index contributed by atoms with van der Waals surface area (Å²) in [6, 6.07) is 6.42. The van der Waals surface area contributed by atoms with Crippen LogP contribution in [0.25, 0.3) is 0 Å². The van der Waals surface area contributed by atoms with Crippen LogP contribution in [0.15, 0.2) is 24.3 Å². The van der Waals surface area contributed by atoms with Gasteiger partial charge in [-0.25, -0.2) is 4.39 Å². The minimum Gasteiger partial charge on any atom is -0.368 e. The Morgan fingerprint density at radius 1 is 1.21 bits per heavy atom. The molecule has 0 saturated carbocycles. The van der Waals surface area contributed by atoms with Crippen molar-refractivity contribution in [3.63, 3.8) is 0 Å². The highest BCUT2D eigenvalue weighted by atomic mass is 32.2. The third-order valence-electron chi connectivity index (χ3n) is 4.19. The highest BCUT2D eigenvalue weighted by Gasteiger charge is 2.21. The number of hydrogen-bond donors (Lipinski definition) is 1. The van der Waals surface area contributed by atoms with Gasteiger partial charge < -0.3 is 15.1 Å². The van der Waals surface area contributed by atoms with Gasteiger partial charge in [-0.3, -0.25) is 9.59 Å². The summed E-state index contributed by atoms with van der Waals surface area (Å²) in [7, 11) is 0. The molecule has 1 aromatic carbocycles. The number of anilines is 1. The Labute approximate surface area is 146 Å². The van der Waals surface area contributed by atoms with Crippen molar-refractivity contribution in [1.82, 2.24) is 10.2 Å². The molecule has 24 heavy (non-hydrogen) atoms. The quantitative estimate of drug-likeness (QED) is 0.846. The Balaban J connectivity index is 1.72. The molecule has 2 rings (SSSR count). The Hall–Kier alpha value is -1.76. The molecule has 1 fully saturated rings. The molecule has 1 N–H and O–H groups in total. The van der Waals surface area contributed by atoms with Crippen LogP contribution >= 0.6 is 11.8 Å². The zero-order chi connectivity index (χ0) is 17.5. The minimum atomic E-state index is -0.245. The standard InChI is InChI=1S/C17H24FN3O2S/c1-13(24-2)17(23)19-8-7-16(22)21-11-9-20(10-12-21)15-5-3-14(18)4-6-15/h3-6,13H,7-12H2,1-2H3,(H,19,23)/t13-/m0/s1. The predicted molar refractivity (Wildman–Crippen MR) is 95.8 cm³/mol. The number of nitrogens with one attached hydrogen (secondary N) is 1. The van der Waals surface area contributed by atoms with Gasteiger partial charge in [0.2, 0.25) is 11.8 Å². The number of nitrogens with zero attached hydrogens (tertiary/aromatic N) is 2. The van der Waals surface area contributed by atoms with Gasteiger partial charge in [0, 0.05) is 44.8 Å². The van der Waals surface area contributed by atoms with Gasteiger partial charge in [0.05, 0.1) is 5.25 Å². The van der Waals surface area contributed by atoms with Gasteiger partial charge in [0.15, 0.2) is 0 Å². The van der Waals surface area contributed by atoms with E-state index in [1.807, 2.05) is 18.1 Å². The van der Waals surface area contributed by atoms with Crippen LogP contribution in [-0.4, -0.2) is 60.9 Å². The second-order valence-corrected chi connectivity index (χ2v) is 6.94. The first-order chi connectivity index (χ1) is 11.5. The smallest absolute Gasteiger partial charge is 0.232 e. The van der Waals surface area contributed by atoms with Gasteiger partial charge in [0.1, 0.15) is 5.82 Å². The fourth-order valence-electron chi connectivity index (χ4n) is 2.57. The first kappa shape index (κ1) is 18.6. The highest BCUT2D eigenvalue weighted by molar-refractivity contribution is 7.99. The van der Waals surface area contributed by atoms with Gasteiger partial charge >= 0.3 is 0 Å². The van der Waals surface area contributed by atoms with E-state index in [1.165, 1.54) is 23.9 Å². The second-order valence-electron chi connectivity index (χ2n) is 5.76. The van der Waals surface area contributed by atoms with Crippen molar-refractivity contribution in [3.05, 3.63) is 30.1 Å². The average Bonchev–Trinajstić information content (AvgIpc) is 2.61. The Bertz CT molecular complexity index is 559. The van der Waals surface area contributed by atoms with E-state index in [4.69, 9.17) is 0 Å². The average molecular weight is 353 g/mol. The van der Waals surface area contributed by atoms with E-state index in [-0.39, 0.29) is 22.9 Å². The fraction of sp³-hybridized carbons (Fsp3) is 0.529. The van der Waals surface area contributed by atoms with Crippen LogP contribution in [0.5, 0.6) is 0 Å². The number of hydrogen-bond acceptors (Lipinski definition) is 4. The molecule has 0 aliphatic carbocycles. The number of halogens is 1. The lowest BCUT2D eigenvalue weighted by Gasteiger charge is -2.36. The summed E-state index contributed by atoms with van der Waals surface area (Å²) in [5, 5.41) is 2.69. The summed E-state index contributed by atoms with van der Waals surface area (Å²) in [6.07, 6.45) is 2.21. The number of piperazine rings is 1. The van der Waals surface area contributed by atoms with Crippen molar-refractivity contribution in [2.45, 2.75) is 18.6 Å². The van der Waals surface area contributed by atoms with E-state index in [0.717, 1.165) is 18.8 Å². The minimum absolute atomic E-state index is 0.0311. The van der Waals surface area contributed by atoms with Crippen LogP contribution in [-0.2, 0) is 9.59 Å². The molecule has 0 aromatic heterocycles. The first-order valence-electron chi connectivity index (χ1n) is 8.10. The Morgan fingerprint density at radius 3 is 2.42 bits per heavy atom. The molecular weight excluding hydrogens is 329 g/mol. The molecule has 0 spiro atoms. The summed E-state index contributed by atoms with van der Waals surface area (Å²) in [6.45, 7) is 4.97. The molecule has 1 aromatic rings. The van der Waals surface area contributed by atoms with Crippen LogP contribution < -0.4 is 10.2 Å². The molecule has 1 heterocycles. The number of amides is 2. The number of carbonyl (C=O) groups is 2. The van der Waals surface area contributed by atoms with Crippen molar-refractivity contribution in [2.24, 2.45) is 0 Å². The molecule has 1 aliphatic rings. The molecular formula is C17H24FN3O2S. The summed E-state index contributed by atoms with van der Waals surface area (Å²) >= 11 is 1.48. The molecule has 7 heteroatoms. The predicted octanol–water partition coefficient (Wildman–Crippen LogP) is 1.73. The van der Waals surface area contributed by atoms with Crippen molar-refractivity contribution in [3.8, 4) is 0 Å². The molecule has 0 unspecified atom stereocenters. The Morgan fingerprint density at radius 2 is 1.83 bits per heavy atom. The summed E-state index contributed by atoms with van der Waals surface area (Å²) < 4.78 is 13.0. The van der Waals surface area contributed by atoms with Gasteiger partial charge in [-0.15, -0.1) is 0 Å². The van der Waals surface area contributed by atoms with Crippen LogP contribution in [0.3, 0.4) is 0 Å². The lowest BCUT2D eigenvalue weighted by atomic mass is 10.2. The SMILES string of the molecule is CS[C@@H](C)C(=O)NCCC(=O)N1CCN(c2ccc(F)cc2)CC1. The Kier molecular flexibility index (Phi) is 6.90. The topological polar surface area (TPSA) is 52.7 Å². The second kappa shape index (κ2) is 8.92. The van der Waals surface area contributed by atoms with Gasteiger partial charge in [0.25, 0.3) is 0 Å². The third kappa shape index (κ3) is 5.12. The maximum Gasteiger partial charge on any atom is 0.232 e. The zero-order valence-corrected chi connectivity index (χ0v) is 14.9. The van der Waals surface area contributed by atoms with Gasteiger partial charge in [-0.05, 0) is 37.4 Å². The number of carbonyl (C=O) groups excluding carboxylic acids is 2. The van der Waals surface area contributed by atoms with E-state index < -0.39 is 0 Å². The summed E-state index contributed by atoms with van der Waals surface area (Å²) in [4.78, 5) is 27.8. The number of thioether (sulfide) groups is 1. The molecule has 2 amide bonds. The molecule has 1 atom stereocenters. The van der Waals surface area contributed by atoms with E-state index in [9.17, 15) is 14.0 Å². The normalized spacial score (nSPS) is 16.0. The molecule has 1 saturated heterocycles. The molecule has 1 aliphatic heterocycles.